The van der Waals surface area contributed by atoms with E-state index in [1.54, 1.807) is 11.3 Å². The third-order valence-corrected chi connectivity index (χ3v) is 4.73. The standard InChI is InChI=1S/C15H23NO2S/c1-3-6-13-11(4-2)9-14(19-13)15(17)16-10-12-7-5-8-18-12/h9,12H,3-8,10H2,1-2H3,(H,16,17). The lowest BCUT2D eigenvalue weighted by Crippen LogP contribution is -2.31. The minimum atomic E-state index is 0.0533. The molecule has 0 bridgehead atoms. The number of carbonyl (C=O) groups is 1. The fraction of sp³-hybridized carbons (Fsp3) is 0.667. The van der Waals surface area contributed by atoms with E-state index in [4.69, 9.17) is 4.74 Å². The molecule has 2 heterocycles. The first-order chi connectivity index (χ1) is 9.24. The lowest BCUT2D eigenvalue weighted by Gasteiger charge is -2.09. The van der Waals surface area contributed by atoms with Gasteiger partial charge in [-0.25, -0.2) is 0 Å². The van der Waals surface area contributed by atoms with Gasteiger partial charge in [-0.2, -0.15) is 0 Å². The minimum absolute atomic E-state index is 0.0533. The first kappa shape index (κ1) is 14.5. The summed E-state index contributed by atoms with van der Waals surface area (Å²) in [6, 6.07) is 2.06. The van der Waals surface area contributed by atoms with Gasteiger partial charge in [-0.1, -0.05) is 20.3 Å². The number of hydrogen-bond acceptors (Lipinski definition) is 3. The topological polar surface area (TPSA) is 38.3 Å². The van der Waals surface area contributed by atoms with Gasteiger partial charge in [-0.15, -0.1) is 11.3 Å². The molecule has 1 fully saturated rings. The van der Waals surface area contributed by atoms with Gasteiger partial charge in [-0.05, 0) is 37.3 Å². The average Bonchev–Trinajstić information content (AvgIpc) is 3.05. The summed E-state index contributed by atoms with van der Waals surface area (Å²) in [5, 5.41) is 2.99. The van der Waals surface area contributed by atoms with Crippen LogP contribution in [0.2, 0.25) is 0 Å². The van der Waals surface area contributed by atoms with E-state index in [0.717, 1.165) is 43.6 Å². The van der Waals surface area contributed by atoms with Gasteiger partial charge >= 0.3 is 0 Å². The maximum absolute atomic E-state index is 12.1. The van der Waals surface area contributed by atoms with Gasteiger partial charge in [0.05, 0.1) is 11.0 Å². The van der Waals surface area contributed by atoms with Gasteiger partial charge < -0.3 is 10.1 Å². The summed E-state index contributed by atoms with van der Waals surface area (Å²) in [5.74, 6) is 0.0533. The molecular formula is C15H23NO2S. The molecule has 19 heavy (non-hydrogen) atoms. The normalized spacial score (nSPS) is 18.7. The molecular weight excluding hydrogens is 258 g/mol. The van der Waals surface area contributed by atoms with E-state index in [0.29, 0.717) is 6.54 Å². The zero-order valence-corrected chi connectivity index (χ0v) is 12.6. The van der Waals surface area contributed by atoms with Gasteiger partial charge in [0.2, 0.25) is 0 Å². The highest BCUT2D eigenvalue weighted by Gasteiger charge is 2.18. The van der Waals surface area contributed by atoms with Crippen LogP contribution in [-0.2, 0) is 17.6 Å². The van der Waals surface area contributed by atoms with Crippen molar-refractivity contribution in [2.24, 2.45) is 0 Å². The van der Waals surface area contributed by atoms with Crippen molar-refractivity contribution in [2.45, 2.75) is 52.1 Å². The highest BCUT2D eigenvalue weighted by molar-refractivity contribution is 7.14. The van der Waals surface area contributed by atoms with Gasteiger partial charge in [0.25, 0.3) is 5.91 Å². The minimum Gasteiger partial charge on any atom is -0.376 e. The SMILES string of the molecule is CCCc1sc(C(=O)NCC2CCCO2)cc1CC. The van der Waals surface area contributed by atoms with Crippen LogP contribution >= 0.6 is 11.3 Å². The fourth-order valence-corrected chi connectivity index (χ4v) is 3.69. The second-order valence-electron chi connectivity index (χ2n) is 5.01. The molecule has 0 aromatic carbocycles. The molecule has 1 aromatic rings. The van der Waals surface area contributed by atoms with Crippen molar-refractivity contribution in [2.75, 3.05) is 13.2 Å². The molecule has 0 aliphatic carbocycles. The van der Waals surface area contributed by atoms with Crippen LogP contribution in [-0.4, -0.2) is 25.2 Å². The van der Waals surface area contributed by atoms with E-state index >= 15 is 0 Å². The first-order valence-corrected chi connectivity index (χ1v) is 8.07. The van der Waals surface area contributed by atoms with Gasteiger partial charge in [-0.3, -0.25) is 4.79 Å². The fourth-order valence-electron chi connectivity index (χ4n) is 2.42. The molecule has 0 saturated carbocycles. The van der Waals surface area contributed by atoms with Crippen LogP contribution in [0.3, 0.4) is 0 Å². The number of hydrogen-bond donors (Lipinski definition) is 1. The van der Waals surface area contributed by atoms with E-state index in [1.165, 1.54) is 10.4 Å². The van der Waals surface area contributed by atoms with E-state index in [9.17, 15) is 4.79 Å². The van der Waals surface area contributed by atoms with Crippen molar-refractivity contribution in [1.82, 2.24) is 5.32 Å². The van der Waals surface area contributed by atoms with Crippen LogP contribution in [0.5, 0.6) is 0 Å². The maximum Gasteiger partial charge on any atom is 0.261 e. The molecule has 1 atom stereocenters. The van der Waals surface area contributed by atoms with Gasteiger partial charge in [0, 0.05) is 18.0 Å². The second kappa shape index (κ2) is 7.06. The Bertz CT molecular complexity index is 422. The van der Waals surface area contributed by atoms with Crippen LogP contribution < -0.4 is 5.32 Å². The number of nitrogens with one attached hydrogen (secondary N) is 1. The Morgan fingerprint density at radius 2 is 2.37 bits per heavy atom. The molecule has 2 rings (SSSR count). The van der Waals surface area contributed by atoms with E-state index in [1.807, 2.05) is 0 Å². The molecule has 1 unspecified atom stereocenters. The summed E-state index contributed by atoms with van der Waals surface area (Å²) < 4.78 is 5.52. The number of thiophene rings is 1. The van der Waals surface area contributed by atoms with Crippen molar-refractivity contribution in [3.05, 3.63) is 21.4 Å². The average molecular weight is 281 g/mol. The molecule has 1 N–H and O–H groups in total. The van der Waals surface area contributed by atoms with Crippen molar-refractivity contribution in [3.8, 4) is 0 Å². The predicted molar refractivity (Wildman–Crippen MR) is 79.0 cm³/mol. The van der Waals surface area contributed by atoms with Crippen molar-refractivity contribution < 1.29 is 9.53 Å². The Morgan fingerprint density at radius 1 is 1.53 bits per heavy atom. The maximum atomic E-state index is 12.1. The summed E-state index contributed by atoms with van der Waals surface area (Å²) in [5.41, 5.74) is 1.33. The Kier molecular flexibility index (Phi) is 5.40. The zero-order valence-electron chi connectivity index (χ0n) is 11.8. The Hall–Kier alpha value is -0.870. The van der Waals surface area contributed by atoms with E-state index < -0.39 is 0 Å². The Balaban J connectivity index is 1.93. The quantitative estimate of drug-likeness (QED) is 0.869. The summed E-state index contributed by atoms with van der Waals surface area (Å²) >= 11 is 1.65. The highest BCUT2D eigenvalue weighted by atomic mass is 32.1. The van der Waals surface area contributed by atoms with Gasteiger partial charge in [0.15, 0.2) is 0 Å². The summed E-state index contributed by atoms with van der Waals surface area (Å²) in [6.07, 6.45) is 5.60. The molecule has 1 aliphatic rings. The summed E-state index contributed by atoms with van der Waals surface area (Å²) in [7, 11) is 0. The third kappa shape index (κ3) is 3.80. The zero-order chi connectivity index (χ0) is 13.7. The molecule has 106 valence electrons. The molecule has 0 spiro atoms. The van der Waals surface area contributed by atoms with E-state index in [2.05, 4.69) is 25.2 Å². The molecule has 1 aromatic heterocycles. The molecule has 1 saturated heterocycles. The molecule has 3 nitrogen and oxygen atoms in total. The smallest absolute Gasteiger partial charge is 0.261 e. The number of aryl methyl sites for hydroxylation is 2. The molecule has 0 radical (unpaired) electrons. The molecule has 1 amide bonds. The second-order valence-corrected chi connectivity index (χ2v) is 6.14. The molecule has 1 aliphatic heterocycles. The Labute approximate surface area is 119 Å². The van der Waals surface area contributed by atoms with Crippen LogP contribution in [0.4, 0.5) is 0 Å². The van der Waals surface area contributed by atoms with Crippen molar-refractivity contribution >= 4 is 17.2 Å². The van der Waals surface area contributed by atoms with Crippen molar-refractivity contribution in [3.63, 3.8) is 0 Å². The highest BCUT2D eigenvalue weighted by Crippen LogP contribution is 2.24. The Morgan fingerprint density at radius 3 is 3.00 bits per heavy atom. The number of ether oxygens (including phenoxy) is 1. The van der Waals surface area contributed by atoms with Crippen LogP contribution in [0.25, 0.3) is 0 Å². The predicted octanol–water partition coefficient (Wildman–Crippen LogP) is 3.17. The largest absolute Gasteiger partial charge is 0.376 e. The van der Waals surface area contributed by atoms with Crippen LogP contribution in [0.1, 0.15) is 53.2 Å². The third-order valence-electron chi connectivity index (χ3n) is 3.49. The first-order valence-electron chi connectivity index (χ1n) is 7.26. The van der Waals surface area contributed by atoms with Crippen LogP contribution in [0.15, 0.2) is 6.07 Å². The number of amides is 1. The van der Waals surface area contributed by atoms with E-state index in [-0.39, 0.29) is 12.0 Å². The molecule has 4 heteroatoms. The summed E-state index contributed by atoms with van der Waals surface area (Å²) in [4.78, 5) is 14.3. The van der Waals surface area contributed by atoms with Crippen molar-refractivity contribution in [1.29, 1.82) is 0 Å². The number of carbonyl (C=O) groups excluding carboxylic acids is 1. The lowest BCUT2D eigenvalue weighted by atomic mass is 10.1. The monoisotopic (exact) mass is 281 g/mol. The number of rotatable bonds is 6. The van der Waals surface area contributed by atoms with Crippen LogP contribution in [0, 0.1) is 0 Å². The summed E-state index contributed by atoms with van der Waals surface area (Å²) in [6.45, 7) is 5.80. The van der Waals surface area contributed by atoms with Gasteiger partial charge in [0.1, 0.15) is 0 Å². The lowest BCUT2D eigenvalue weighted by molar-refractivity contribution is 0.0861.